The fourth-order valence-corrected chi connectivity index (χ4v) is 0.312. The lowest BCUT2D eigenvalue weighted by atomic mass is 10.4. The summed E-state index contributed by atoms with van der Waals surface area (Å²) in [5.74, 6) is -0.232. The van der Waals surface area contributed by atoms with Gasteiger partial charge in [0.25, 0.3) is 0 Å². The van der Waals surface area contributed by atoms with Gasteiger partial charge in [0.15, 0.2) is 0 Å². The summed E-state index contributed by atoms with van der Waals surface area (Å²) in [5.41, 5.74) is 0.588. The SMILES string of the molecule is C=C(/C=C(\C)F)NC. The van der Waals surface area contributed by atoms with Crippen LogP contribution in [0.2, 0.25) is 0 Å². The molecule has 0 aromatic heterocycles. The van der Waals surface area contributed by atoms with Crippen molar-refractivity contribution in [2.45, 2.75) is 6.92 Å². The van der Waals surface area contributed by atoms with E-state index in [-0.39, 0.29) is 5.83 Å². The summed E-state index contributed by atoms with van der Waals surface area (Å²) in [6, 6.07) is 0. The lowest BCUT2D eigenvalue weighted by Crippen LogP contribution is -2.00. The summed E-state index contributed by atoms with van der Waals surface area (Å²) < 4.78 is 11.9. The molecule has 0 aliphatic heterocycles. The highest BCUT2D eigenvalue weighted by atomic mass is 19.1. The van der Waals surface area contributed by atoms with E-state index in [1.807, 2.05) is 0 Å². The smallest absolute Gasteiger partial charge is 0.0989 e. The lowest BCUT2D eigenvalue weighted by Gasteiger charge is -1.93. The number of nitrogens with one attached hydrogen (secondary N) is 1. The molecule has 0 spiro atoms. The molecule has 0 radical (unpaired) electrons. The molecule has 0 amide bonds. The average Bonchev–Trinajstić information content (AvgIpc) is 1.65. The predicted molar refractivity (Wildman–Crippen MR) is 33.1 cm³/mol. The summed E-state index contributed by atoms with van der Waals surface area (Å²) in [7, 11) is 1.70. The van der Waals surface area contributed by atoms with Gasteiger partial charge in [0, 0.05) is 12.7 Å². The van der Waals surface area contributed by atoms with E-state index in [0.29, 0.717) is 5.70 Å². The molecule has 0 aliphatic rings. The first-order valence-corrected chi connectivity index (χ1v) is 2.37. The van der Waals surface area contributed by atoms with Gasteiger partial charge in [-0.05, 0) is 13.0 Å². The fourth-order valence-electron chi connectivity index (χ4n) is 0.312. The van der Waals surface area contributed by atoms with Crippen molar-refractivity contribution in [1.29, 1.82) is 0 Å². The zero-order valence-electron chi connectivity index (χ0n) is 5.16. The van der Waals surface area contributed by atoms with Gasteiger partial charge in [0.05, 0.1) is 5.83 Å². The summed E-state index contributed by atoms with van der Waals surface area (Å²) in [5, 5.41) is 2.69. The molecule has 1 N–H and O–H groups in total. The van der Waals surface area contributed by atoms with Crippen molar-refractivity contribution < 1.29 is 4.39 Å². The highest BCUT2D eigenvalue weighted by Gasteiger charge is 1.82. The molecule has 2 heteroatoms. The lowest BCUT2D eigenvalue weighted by molar-refractivity contribution is 0.638. The second-order valence-corrected chi connectivity index (χ2v) is 1.51. The Hall–Kier alpha value is -0.790. The third kappa shape index (κ3) is 3.40. The molecule has 0 saturated heterocycles. The largest absolute Gasteiger partial charge is 0.389 e. The Balaban J connectivity index is 3.70. The highest BCUT2D eigenvalue weighted by molar-refractivity contribution is 5.13. The van der Waals surface area contributed by atoms with Gasteiger partial charge >= 0.3 is 0 Å². The number of likely N-dealkylation sites (N-methyl/N-ethyl adjacent to an activating group) is 1. The Morgan fingerprint density at radius 2 is 2.25 bits per heavy atom. The van der Waals surface area contributed by atoms with Crippen LogP contribution in [0.3, 0.4) is 0 Å². The van der Waals surface area contributed by atoms with E-state index in [1.54, 1.807) is 7.05 Å². The molecule has 0 fully saturated rings. The highest BCUT2D eigenvalue weighted by Crippen LogP contribution is 1.95. The Morgan fingerprint density at radius 3 is 2.38 bits per heavy atom. The second kappa shape index (κ2) is 3.24. The number of halogens is 1. The Labute approximate surface area is 48.9 Å². The maximum absolute atomic E-state index is 11.9. The minimum atomic E-state index is -0.232. The Kier molecular flexibility index (Phi) is 2.92. The molecule has 0 bridgehead atoms. The maximum Gasteiger partial charge on any atom is 0.0989 e. The first-order valence-electron chi connectivity index (χ1n) is 2.37. The van der Waals surface area contributed by atoms with E-state index in [1.165, 1.54) is 13.0 Å². The monoisotopic (exact) mass is 115 g/mol. The molecule has 0 aliphatic carbocycles. The van der Waals surface area contributed by atoms with Gasteiger partial charge in [0.1, 0.15) is 0 Å². The summed E-state index contributed by atoms with van der Waals surface area (Å²) in [6.45, 7) is 4.86. The molecule has 0 atom stereocenters. The van der Waals surface area contributed by atoms with E-state index in [0.717, 1.165) is 0 Å². The van der Waals surface area contributed by atoms with Crippen molar-refractivity contribution in [3.63, 3.8) is 0 Å². The van der Waals surface area contributed by atoms with Crippen LogP contribution in [0, 0.1) is 0 Å². The van der Waals surface area contributed by atoms with Crippen molar-refractivity contribution in [2.75, 3.05) is 7.05 Å². The fraction of sp³-hybridized carbons (Fsp3) is 0.333. The summed E-state index contributed by atoms with van der Waals surface area (Å²) >= 11 is 0. The normalized spacial score (nSPS) is 11.1. The maximum atomic E-state index is 11.9. The first kappa shape index (κ1) is 7.21. The third-order valence-corrected chi connectivity index (χ3v) is 0.694. The van der Waals surface area contributed by atoms with Crippen molar-refractivity contribution in [3.8, 4) is 0 Å². The summed E-state index contributed by atoms with van der Waals surface area (Å²) in [6.07, 6.45) is 1.33. The topological polar surface area (TPSA) is 12.0 Å². The summed E-state index contributed by atoms with van der Waals surface area (Å²) in [4.78, 5) is 0. The molecule has 0 rings (SSSR count). The van der Waals surface area contributed by atoms with E-state index in [9.17, 15) is 4.39 Å². The third-order valence-electron chi connectivity index (χ3n) is 0.694. The quantitative estimate of drug-likeness (QED) is 0.539. The molecule has 0 unspecified atom stereocenters. The number of hydrogen-bond acceptors (Lipinski definition) is 1. The zero-order chi connectivity index (χ0) is 6.57. The van der Waals surface area contributed by atoms with Gasteiger partial charge in [0.2, 0.25) is 0 Å². The zero-order valence-corrected chi connectivity index (χ0v) is 5.16. The van der Waals surface area contributed by atoms with Gasteiger partial charge in [-0.1, -0.05) is 6.58 Å². The molecular weight excluding hydrogens is 105 g/mol. The van der Waals surface area contributed by atoms with E-state index < -0.39 is 0 Å². The number of allylic oxidation sites excluding steroid dienone is 2. The van der Waals surface area contributed by atoms with Crippen molar-refractivity contribution in [2.24, 2.45) is 0 Å². The van der Waals surface area contributed by atoms with E-state index in [4.69, 9.17) is 0 Å². The van der Waals surface area contributed by atoms with Crippen LogP contribution >= 0.6 is 0 Å². The molecule has 0 heterocycles. The van der Waals surface area contributed by atoms with Crippen LogP contribution in [0.1, 0.15) is 6.92 Å². The van der Waals surface area contributed by atoms with Crippen molar-refractivity contribution in [1.82, 2.24) is 5.32 Å². The van der Waals surface area contributed by atoms with Gasteiger partial charge in [-0.15, -0.1) is 0 Å². The van der Waals surface area contributed by atoms with Crippen LogP contribution in [-0.2, 0) is 0 Å². The molecule has 46 valence electrons. The molecule has 1 nitrogen and oxygen atoms in total. The Bertz CT molecular complexity index is 112. The molecule has 0 aromatic rings. The number of rotatable bonds is 2. The minimum Gasteiger partial charge on any atom is -0.389 e. The second-order valence-electron chi connectivity index (χ2n) is 1.51. The minimum absolute atomic E-state index is 0.232. The van der Waals surface area contributed by atoms with Gasteiger partial charge in [-0.2, -0.15) is 0 Å². The van der Waals surface area contributed by atoms with Gasteiger partial charge in [-0.3, -0.25) is 0 Å². The van der Waals surface area contributed by atoms with Crippen LogP contribution in [-0.4, -0.2) is 7.05 Å². The van der Waals surface area contributed by atoms with E-state index >= 15 is 0 Å². The molecule has 0 saturated carbocycles. The van der Waals surface area contributed by atoms with Crippen molar-refractivity contribution >= 4 is 0 Å². The van der Waals surface area contributed by atoms with Crippen LogP contribution < -0.4 is 5.32 Å². The molecular formula is C6H10FN. The van der Waals surface area contributed by atoms with Crippen LogP contribution in [0.4, 0.5) is 4.39 Å². The Morgan fingerprint density at radius 1 is 1.75 bits per heavy atom. The van der Waals surface area contributed by atoms with Crippen LogP contribution in [0.15, 0.2) is 24.2 Å². The van der Waals surface area contributed by atoms with Gasteiger partial charge in [-0.25, -0.2) is 4.39 Å². The standard InChI is InChI=1S/C6H10FN/c1-5(7)4-6(2)8-3/h4,8H,2H2,1,3H3/b5-4+. The van der Waals surface area contributed by atoms with Crippen molar-refractivity contribution in [3.05, 3.63) is 24.2 Å². The van der Waals surface area contributed by atoms with Crippen LogP contribution in [0.25, 0.3) is 0 Å². The van der Waals surface area contributed by atoms with E-state index in [2.05, 4.69) is 11.9 Å². The predicted octanol–water partition coefficient (Wildman–Crippen LogP) is 1.59. The molecule has 8 heavy (non-hydrogen) atoms. The van der Waals surface area contributed by atoms with Gasteiger partial charge < -0.3 is 5.32 Å². The molecule has 0 aromatic carbocycles. The first-order chi connectivity index (χ1) is 3.66. The average molecular weight is 115 g/mol. The van der Waals surface area contributed by atoms with Crippen LogP contribution in [0.5, 0.6) is 0 Å². The number of hydrogen-bond donors (Lipinski definition) is 1.